The van der Waals surface area contributed by atoms with Gasteiger partial charge in [-0.25, -0.2) is 4.57 Å². The number of rotatable bonds is 33. The first-order chi connectivity index (χ1) is 24.7. The molecule has 0 rings (SSSR count). The predicted octanol–water partition coefficient (Wildman–Crippen LogP) is 10.3. The molecule has 0 amide bonds. The van der Waals surface area contributed by atoms with E-state index in [1.165, 1.54) is 0 Å². The van der Waals surface area contributed by atoms with Crippen LogP contribution in [0.2, 0.25) is 0 Å². The van der Waals surface area contributed by atoms with E-state index in [0.29, 0.717) is 19.3 Å². The van der Waals surface area contributed by atoms with Crippen molar-refractivity contribution < 1.29 is 43.0 Å². The first-order valence-corrected chi connectivity index (χ1v) is 20.5. The lowest BCUT2D eigenvalue weighted by atomic mass is 10.1. The number of carbonyl (C=O) groups excluding carboxylic acids is 2. The monoisotopic (exact) mass is 734 g/mol. The number of aliphatic hydroxyl groups is 1. The van der Waals surface area contributed by atoms with Gasteiger partial charge in [0.2, 0.25) is 0 Å². The van der Waals surface area contributed by atoms with Crippen LogP contribution in [0.15, 0.2) is 85.1 Å². The van der Waals surface area contributed by atoms with Crippen LogP contribution in [-0.2, 0) is 28.2 Å². The second-order valence-corrected chi connectivity index (χ2v) is 13.6. The number of unbranched alkanes of at least 4 members (excludes halogenated alkanes) is 8. The van der Waals surface area contributed by atoms with Gasteiger partial charge < -0.3 is 24.4 Å². The summed E-state index contributed by atoms with van der Waals surface area (Å²) in [7, 11) is -4.79. The molecule has 2 atom stereocenters. The summed E-state index contributed by atoms with van der Waals surface area (Å²) in [5.74, 6) is -1.000. The maximum Gasteiger partial charge on any atom is 0.469 e. The molecule has 0 saturated heterocycles. The number of esters is 2. The fraction of sp³-hybridized carbons (Fsp3) is 0.610. The molecule has 0 aliphatic rings. The first kappa shape index (κ1) is 48.2. The number of allylic oxidation sites excluding steroid dienone is 13. The molecule has 3 N–H and O–H groups in total. The molecule has 0 aliphatic heterocycles. The summed E-state index contributed by atoms with van der Waals surface area (Å²) >= 11 is 0. The van der Waals surface area contributed by atoms with E-state index in [-0.39, 0.29) is 19.4 Å². The Kier molecular flexibility index (Phi) is 33.6. The van der Waals surface area contributed by atoms with Gasteiger partial charge in [0.05, 0.1) is 12.7 Å². The van der Waals surface area contributed by atoms with Crippen LogP contribution in [-0.4, -0.2) is 52.3 Å². The van der Waals surface area contributed by atoms with Crippen LogP contribution in [0.5, 0.6) is 0 Å². The van der Waals surface area contributed by atoms with E-state index >= 15 is 0 Å². The maximum absolute atomic E-state index is 12.4. The Morgan fingerprint density at radius 1 is 0.608 bits per heavy atom. The van der Waals surface area contributed by atoms with Crippen LogP contribution < -0.4 is 0 Å². The van der Waals surface area contributed by atoms with E-state index in [2.05, 4.69) is 79.1 Å². The molecule has 290 valence electrons. The van der Waals surface area contributed by atoms with E-state index in [0.717, 1.165) is 89.9 Å². The van der Waals surface area contributed by atoms with Crippen molar-refractivity contribution in [2.75, 3.05) is 13.2 Å². The highest BCUT2D eigenvalue weighted by molar-refractivity contribution is 7.46. The average molecular weight is 735 g/mol. The van der Waals surface area contributed by atoms with Crippen molar-refractivity contribution >= 4 is 19.8 Å². The largest absolute Gasteiger partial charge is 0.469 e. The zero-order chi connectivity index (χ0) is 37.7. The number of hydrogen-bond donors (Lipinski definition) is 3. The van der Waals surface area contributed by atoms with Crippen molar-refractivity contribution in [1.29, 1.82) is 0 Å². The zero-order valence-electron chi connectivity index (χ0n) is 31.3. The van der Waals surface area contributed by atoms with Crippen molar-refractivity contribution in [3.8, 4) is 0 Å². The van der Waals surface area contributed by atoms with Gasteiger partial charge in [-0.2, -0.15) is 0 Å². The second kappa shape index (κ2) is 35.6. The maximum atomic E-state index is 12.4. The lowest BCUT2D eigenvalue weighted by Crippen LogP contribution is -2.29. The van der Waals surface area contributed by atoms with Gasteiger partial charge in [-0.05, 0) is 70.6 Å². The number of phosphoric acid groups is 1. The van der Waals surface area contributed by atoms with Gasteiger partial charge in [0.25, 0.3) is 0 Å². The Bertz CT molecular complexity index is 1110. The number of ether oxygens (including phenoxy) is 2. The molecule has 0 aliphatic carbocycles. The fourth-order valence-electron chi connectivity index (χ4n) is 4.72. The normalized spacial score (nSPS) is 14.1. The molecular weight excluding hydrogens is 667 g/mol. The minimum Gasteiger partial charge on any atom is -0.462 e. The zero-order valence-corrected chi connectivity index (χ0v) is 32.2. The molecule has 10 heteroatoms. The summed E-state index contributed by atoms with van der Waals surface area (Å²) in [6, 6.07) is 0. The van der Waals surface area contributed by atoms with E-state index in [1.54, 1.807) is 6.08 Å². The van der Waals surface area contributed by atoms with E-state index in [4.69, 9.17) is 19.3 Å². The van der Waals surface area contributed by atoms with E-state index in [9.17, 15) is 19.3 Å². The molecular formula is C41H67O9P. The third kappa shape index (κ3) is 38.3. The molecule has 0 saturated carbocycles. The Morgan fingerprint density at radius 2 is 1.12 bits per heavy atom. The highest BCUT2D eigenvalue weighted by Gasteiger charge is 2.22. The highest BCUT2D eigenvalue weighted by Crippen LogP contribution is 2.36. The number of aliphatic hydroxyl groups excluding tert-OH is 1. The van der Waals surface area contributed by atoms with Gasteiger partial charge in [0.1, 0.15) is 6.61 Å². The van der Waals surface area contributed by atoms with Gasteiger partial charge in [-0.1, -0.05) is 137 Å². The summed E-state index contributed by atoms with van der Waals surface area (Å²) in [4.78, 5) is 42.7. The molecule has 0 radical (unpaired) electrons. The van der Waals surface area contributed by atoms with E-state index in [1.807, 2.05) is 18.2 Å². The topological polar surface area (TPSA) is 140 Å². The van der Waals surface area contributed by atoms with Crippen LogP contribution in [0.1, 0.15) is 136 Å². The average Bonchev–Trinajstić information content (AvgIpc) is 3.09. The molecule has 0 heterocycles. The standard InChI is InChI=1S/C41H67O9P/c1-3-5-7-9-11-12-13-14-15-16-17-18-19-20-22-26-30-34-40(43)48-36-39(37-49-51(45,46)47)50-41(44)35-31-27-23-25-29-33-38(42)32-28-24-21-10-8-6-4-2/h5-8,11-12,14-15,17-18,21,24,28,32,38-39,42H,3-4,9-10,13,16,19-20,22-23,25-27,29-31,33-37H2,1-2H3,(H2,45,46,47)/b7-5-,8-6+,12-11-,15-14-,18-17-,24-21+,32-28+/t38?,39-/m1/s1. The third-order valence-electron chi connectivity index (χ3n) is 7.51. The molecule has 0 fully saturated rings. The lowest BCUT2D eigenvalue weighted by molar-refractivity contribution is -0.161. The number of carbonyl (C=O) groups is 2. The molecule has 0 aromatic heterocycles. The summed E-state index contributed by atoms with van der Waals surface area (Å²) < 4.78 is 26.2. The van der Waals surface area contributed by atoms with Crippen molar-refractivity contribution in [3.05, 3.63) is 85.1 Å². The van der Waals surface area contributed by atoms with Gasteiger partial charge in [-0.15, -0.1) is 0 Å². The lowest BCUT2D eigenvalue weighted by Gasteiger charge is -2.18. The quantitative estimate of drug-likeness (QED) is 0.0198. The Labute approximate surface area is 308 Å². The molecule has 0 spiro atoms. The number of phosphoric ester groups is 1. The molecule has 0 aromatic rings. The Morgan fingerprint density at radius 3 is 1.73 bits per heavy atom. The first-order valence-electron chi connectivity index (χ1n) is 19.0. The van der Waals surface area contributed by atoms with Gasteiger partial charge in [0.15, 0.2) is 6.10 Å². The molecule has 0 aromatic carbocycles. The number of hydrogen-bond acceptors (Lipinski definition) is 7. The third-order valence-corrected chi connectivity index (χ3v) is 8.00. The smallest absolute Gasteiger partial charge is 0.462 e. The van der Waals surface area contributed by atoms with Gasteiger partial charge in [-0.3, -0.25) is 14.1 Å². The second-order valence-electron chi connectivity index (χ2n) is 12.3. The minimum absolute atomic E-state index is 0.131. The van der Waals surface area contributed by atoms with Crippen molar-refractivity contribution in [3.63, 3.8) is 0 Å². The predicted molar refractivity (Wildman–Crippen MR) is 208 cm³/mol. The van der Waals surface area contributed by atoms with Crippen LogP contribution in [0.4, 0.5) is 0 Å². The summed E-state index contributed by atoms with van der Waals surface area (Å²) in [5, 5.41) is 10.1. The molecule has 51 heavy (non-hydrogen) atoms. The fourth-order valence-corrected chi connectivity index (χ4v) is 5.08. The van der Waals surface area contributed by atoms with Crippen LogP contribution in [0, 0.1) is 0 Å². The Balaban J connectivity index is 4.12. The van der Waals surface area contributed by atoms with Gasteiger partial charge in [0, 0.05) is 12.8 Å². The molecule has 0 bridgehead atoms. The van der Waals surface area contributed by atoms with Crippen LogP contribution in [0.25, 0.3) is 0 Å². The van der Waals surface area contributed by atoms with Crippen molar-refractivity contribution in [2.24, 2.45) is 0 Å². The SMILES string of the molecule is CC/C=C\C/C=C\C/C=C\C/C=C\CCCCCCC(=O)OC[C@H](COP(=O)(O)O)OC(=O)CCCCCCCC(O)/C=C/C=C/C/C=C/CC. The van der Waals surface area contributed by atoms with Crippen LogP contribution in [0.3, 0.4) is 0 Å². The molecule has 9 nitrogen and oxygen atoms in total. The van der Waals surface area contributed by atoms with Crippen molar-refractivity contribution in [2.45, 2.75) is 148 Å². The summed E-state index contributed by atoms with van der Waals surface area (Å²) in [6.07, 6.45) is 43.2. The minimum atomic E-state index is -4.79. The summed E-state index contributed by atoms with van der Waals surface area (Å²) in [5.41, 5.74) is 0. The van der Waals surface area contributed by atoms with Crippen LogP contribution >= 0.6 is 7.82 Å². The van der Waals surface area contributed by atoms with Gasteiger partial charge >= 0.3 is 19.8 Å². The summed E-state index contributed by atoms with van der Waals surface area (Å²) in [6.45, 7) is 3.31. The van der Waals surface area contributed by atoms with E-state index < -0.39 is 38.6 Å². The highest BCUT2D eigenvalue weighted by atomic mass is 31.2. The Hall–Kier alpha value is -2.81. The molecule has 1 unspecified atom stereocenters. The van der Waals surface area contributed by atoms with Crippen molar-refractivity contribution in [1.82, 2.24) is 0 Å².